The molecule has 0 saturated heterocycles. The summed E-state index contributed by atoms with van der Waals surface area (Å²) in [6, 6.07) is 21.3. The molecule has 2 aromatic heterocycles. The van der Waals surface area contributed by atoms with Gasteiger partial charge in [0.2, 0.25) is 0 Å². The number of rotatable bonds is 5. The smallest absolute Gasteiger partial charge is 0.275 e. The van der Waals surface area contributed by atoms with Gasteiger partial charge in [-0.05, 0) is 32.0 Å². The molecule has 0 unspecified atom stereocenters. The molecule has 29 heavy (non-hydrogen) atoms. The number of carbonyl (C=O) groups excluding carboxylic acids is 1. The van der Waals surface area contributed by atoms with Gasteiger partial charge in [0.25, 0.3) is 5.91 Å². The van der Waals surface area contributed by atoms with Crippen molar-refractivity contribution in [1.82, 2.24) is 20.2 Å². The van der Waals surface area contributed by atoms with Crippen LogP contribution in [0.5, 0.6) is 0 Å². The number of para-hydroxylation sites is 1. The van der Waals surface area contributed by atoms with E-state index in [2.05, 4.69) is 20.6 Å². The molecule has 6 nitrogen and oxygen atoms in total. The van der Waals surface area contributed by atoms with Crippen molar-refractivity contribution < 1.29 is 4.79 Å². The van der Waals surface area contributed by atoms with Crippen molar-refractivity contribution in [3.63, 3.8) is 0 Å². The zero-order chi connectivity index (χ0) is 20.2. The normalized spacial score (nSPS) is 11.1. The first-order valence-corrected chi connectivity index (χ1v) is 9.32. The summed E-state index contributed by atoms with van der Waals surface area (Å²) in [7, 11) is 0. The highest BCUT2D eigenvalue weighted by atomic mass is 16.2. The van der Waals surface area contributed by atoms with E-state index in [1.54, 1.807) is 17.1 Å². The Kier molecular flexibility index (Phi) is 5.07. The van der Waals surface area contributed by atoms with Gasteiger partial charge >= 0.3 is 0 Å². The van der Waals surface area contributed by atoms with E-state index in [0.717, 1.165) is 28.2 Å². The van der Waals surface area contributed by atoms with Crippen molar-refractivity contribution in [1.29, 1.82) is 0 Å². The minimum Gasteiger partial charge on any atom is -0.362 e. The highest BCUT2D eigenvalue weighted by molar-refractivity contribution is 6.00. The monoisotopic (exact) mass is 383 g/mol. The molecule has 6 heteroatoms. The maximum atomic E-state index is 12.9. The van der Waals surface area contributed by atoms with E-state index in [9.17, 15) is 4.79 Å². The van der Waals surface area contributed by atoms with Gasteiger partial charge in [0, 0.05) is 28.7 Å². The molecule has 0 aliphatic rings. The molecule has 1 amide bonds. The average molecular weight is 383 g/mol. The van der Waals surface area contributed by atoms with Gasteiger partial charge in [-0.25, -0.2) is 10.1 Å². The molecular weight excluding hydrogens is 362 g/mol. The second kappa shape index (κ2) is 7.98. The maximum absolute atomic E-state index is 12.9. The summed E-state index contributed by atoms with van der Waals surface area (Å²) >= 11 is 0. The third-order valence-electron chi connectivity index (χ3n) is 4.59. The van der Waals surface area contributed by atoms with Gasteiger partial charge in [-0.1, -0.05) is 48.5 Å². The van der Waals surface area contributed by atoms with Crippen molar-refractivity contribution >= 4 is 12.1 Å². The van der Waals surface area contributed by atoms with Gasteiger partial charge < -0.3 is 4.98 Å². The molecule has 0 aliphatic carbocycles. The predicted octanol–water partition coefficient (Wildman–Crippen LogP) is 4.25. The van der Waals surface area contributed by atoms with Crippen LogP contribution in [0.3, 0.4) is 0 Å². The molecule has 2 N–H and O–H groups in total. The summed E-state index contributed by atoms with van der Waals surface area (Å²) in [4.78, 5) is 16.1. The number of aromatic amines is 1. The van der Waals surface area contributed by atoms with E-state index in [-0.39, 0.29) is 5.91 Å². The van der Waals surface area contributed by atoms with Gasteiger partial charge in [-0.2, -0.15) is 10.2 Å². The lowest BCUT2D eigenvalue weighted by Gasteiger charge is -2.01. The molecule has 4 aromatic rings. The van der Waals surface area contributed by atoms with Crippen LogP contribution in [0.1, 0.15) is 27.3 Å². The summed E-state index contributed by atoms with van der Waals surface area (Å²) in [5, 5.41) is 8.78. The number of H-pyrrole nitrogens is 1. The van der Waals surface area contributed by atoms with E-state index in [1.165, 1.54) is 0 Å². The number of hydrogen-bond acceptors (Lipinski definition) is 3. The number of amides is 1. The van der Waals surface area contributed by atoms with Gasteiger partial charge in [0.1, 0.15) is 5.69 Å². The molecule has 2 aromatic carbocycles. The Labute approximate surface area is 168 Å². The third kappa shape index (κ3) is 4.01. The highest BCUT2D eigenvalue weighted by Crippen LogP contribution is 2.23. The third-order valence-corrected chi connectivity index (χ3v) is 4.59. The number of nitrogens with one attached hydrogen (secondary N) is 2. The zero-order valence-corrected chi connectivity index (χ0v) is 16.3. The number of benzene rings is 2. The van der Waals surface area contributed by atoms with Crippen molar-refractivity contribution in [2.75, 3.05) is 0 Å². The van der Waals surface area contributed by atoms with Crippen LogP contribution in [0.15, 0.2) is 78.0 Å². The summed E-state index contributed by atoms with van der Waals surface area (Å²) in [6.07, 6.45) is 3.37. The van der Waals surface area contributed by atoms with E-state index in [0.29, 0.717) is 11.3 Å². The second-order valence-electron chi connectivity index (χ2n) is 6.77. The van der Waals surface area contributed by atoms with Gasteiger partial charge in [0.15, 0.2) is 0 Å². The van der Waals surface area contributed by atoms with Crippen molar-refractivity contribution in [2.24, 2.45) is 5.10 Å². The van der Waals surface area contributed by atoms with E-state index >= 15 is 0 Å². The fourth-order valence-electron chi connectivity index (χ4n) is 3.16. The largest absolute Gasteiger partial charge is 0.362 e. The lowest BCUT2D eigenvalue weighted by Crippen LogP contribution is -2.18. The Bertz CT molecular complexity index is 1160. The topological polar surface area (TPSA) is 75.1 Å². The number of aromatic nitrogens is 3. The van der Waals surface area contributed by atoms with E-state index in [4.69, 9.17) is 0 Å². The first-order valence-electron chi connectivity index (χ1n) is 9.32. The summed E-state index contributed by atoms with van der Waals surface area (Å²) in [5.74, 6) is -0.313. The van der Waals surface area contributed by atoms with Crippen LogP contribution in [-0.4, -0.2) is 26.9 Å². The van der Waals surface area contributed by atoms with Gasteiger partial charge in [-0.15, -0.1) is 0 Å². The van der Waals surface area contributed by atoms with Crippen LogP contribution in [0.4, 0.5) is 0 Å². The van der Waals surface area contributed by atoms with Crippen LogP contribution in [-0.2, 0) is 0 Å². The summed E-state index contributed by atoms with van der Waals surface area (Å²) < 4.78 is 1.71. The molecular formula is C23H21N5O. The molecule has 0 aliphatic heterocycles. The summed E-state index contributed by atoms with van der Waals surface area (Å²) in [6.45, 7) is 3.95. The molecule has 0 atom stereocenters. The number of carbonyl (C=O) groups is 1. The Balaban J connectivity index is 1.65. The zero-order valence-electron chi connectivity index (χ0n) is 16.3. The minimum atomic E-state index is -0.313. The number of aryl methyl sites for hydroxylation is 2. The Morgan fingerprint density at radius 1 is 1.07 bits per heavy atom. The number of hydrazone groups is 1. The van der Waals surface area contributed by atoms with Gasteiger partial charge in [0.05, 0.1) is 17.5 Å². The van der Waals surface area contributed by atoms with Crippen LogP contribution >= 0.6 is 0 Å². The Hall–Kier alpha value is -3.93. The lowest BCUT2D eigenvalue weighted by atomic mass is 10.1. The van der Waals surface area contributed by atoms with Crippen molar-refractivity contribution in [2.45, 2.75) is 13.8 Å². The molecule has 144 valence electrons. The van der Waals surface area contributed by atoms with E-state index < -0.39 is 0 Å². The molecule has 4 rings (SSSR count). The minimum absolute atomic E-state index is 0.313. The molecule has 0 radical (unpaired) electrons. The molecule has 0 saturated carbocycles. The average Bonchev–Trinajstić information content (AvgIpc) is 3.33. The Morgan fingerprint density at radius 2 is 1.76 bits per heavy atom. The SMILES string of the molecule is Cc1cc(/C=N/NC(=O)c2cn(-c3ccccc3)nc2-c2ccccc2)c(C)[nH]1. The first kappa shape index (κ1) is 18.4. The van der Waals surface area contributed by atoms with Crippen LogP contribution in [0.2, 0.25) is 0 Å². The molecule has 0 fully saturated rings. The standard InChI is InChI=1S/C23H21N5O/c1-16-13-19(17(2)25-16)14-24-26-23(29)21-15-28(20-11-7-4-8-12-20)27-22(21)18-9-5-3-6-10-18/h3-15,25H,1-2H3,(H,26,29)/b24-14+. The van der Waals surface area contributed by atoms with Crippen LogP contribution < -0.4 is 5.43 Å². The summed E-state index contributed by atoms with van der Waals surface area (Å²) in [5.41, 5.74) is 8.42. The predicted molar refractivity (Wildman–Crippen MR) is 114 cm³/mol. The molecule has 2 heterocycles. The van der Waals surface area contributed by atoms with Crippen LogP contribution in [0.25, 0.3) is 16.9 Å². The Morgan fingerprint density at radius 3 is 2.41 bits per heavy atom. The van der Waals surface area contributed by atoms with Gasteiger partial charge in [-0.3, -0.25) is 4.79 Å². The van der Waals surface area contributed by atoms with Crippen LogP contribution in [0, 0.1) is 13.8 Å². The fraction of sp³-hybridized carbons (Fsp3) is 0.0870. The lowest BCUT2D eigenvalue weighted by molar-refractivity contribution is 0.0955. The van der Waals surface area contributed by atoms with E-state index in [1.807, 2.05) is 80.6 Å². The maximum Gasteiger partial charge on any atom is 0.275 e. The van der Waals surface area contributed by atoms with Crippen molar-refractivity contribution in [3.05, 3.63) is 95.4 Å². The molecule has 0 spiro atoms. The van der Waals surface area contributed by atoms with Crippen molar-refractivity contribution in [3.8, 4) is 16.9 Å². The number of nitrogens with zero attached hydrogens (tertiary/aromatic N) is 3. The number of hydrogen-bond donors (Lipinski definition) is 2. The molecule has 0 bridgehead atoms. The fourth-order valence-corrected chi connectivity index (χ4v) is 3.16. The second-order valence-corrected chi connectivity index (χ2v) is 6.77. The first-order chi connectivity index (χ1) is 14.1. The quantitative estimate of drug-likeness (QED) is 0.399. The highest BCUT2D eigenvalue weighted by Gasteiger charge is 2.18.